The molecule has 0 radical (unpaired) electrons. The third-order valence-electron chi connectivity index (χ3n) is 11.4. The molecule has 57 heavy (non-hydrogen) atoms. The lowest BCUT2D eigenvalue weighted by Crippen LogP contribution is -2.28. The zero-order chi connectivity index (χ0) is 42.1. The predicted molar refractivity (Wildman–Crippen MR) is 237 cm³/mol. The Morgan fingerprint density at radius 2 is 0.982 bits per heavy atom. The van der Waals surface area contributed by atoms with Crippen molar-refractivity contribution in [3.8, 4) is 33.4 Å². The molecule has 0 N–H and O–H groups in total. The summed E-state index contributed by atoms with van der Waals surface area (Å²) in [6, 6.07) is 65.9. The summed E-state index contributed by atoms with van der Waals surface area (Å²) in [7, 11) is 0. The normalized spacial score (nSPS) is 13.9. The predicted octanol–water partition coefficient (Wildman–Crippen LogP) is 14.8. The van der Waals surface area contributed by atoms with Crippen molar-refractivity contribution in [1.29, 1.82) is 0 Å². The molecule has 0 amide bonds. The van der Waals surface area contributed by atoms with Gasteiger partial charge in [0.15, 0.2) is 0 Å². The highest BCUT2D eigenvalue weighted by molar-refractivity contribution is 6.13. The number of hydrogen-bond acceptors (Lipinski definition) is 2. The standard InChI is InChI=1S/C55H37NO/c1-4-16-38(17-5-1)39-30-32-43(33-31-39)56(45-34-35-52-49(37-45)54-46(26-15-29-53(54)57-52)40-18-6-2-7-19-40)44-23-14-22-42(36-44)55(41-20-8-3-9-21-41)50-27-12-10-24-47(50)48-25-11-13-28-51(48)55/h1-37H/i2D,6D,7D,18D,19D. The van der Waals surface area contributed by atoms with Crippen LogP contribution in [-0.4, -0.2) is 0 Å². The van der Waals surface area contributed by atoms with Crippen molar-refractivity contribution in [3.05, 3.63) is 247 Å². The zero-order valence-electron chi connectivity index (χ0n) is 35.8. The Labute approximate surface area is 339 Å². The molecule has 0 saturated heterocycles. The molecule has 1 aromatic heterocycles. The maximum absolute atomic E-state index is 8.87. The summed E-state index contributed by atoms with van der Waals surface area (Å²) >= 11 is 0. The Bertz CT molecular complexity index is 3290. The molecule has 1 aliphatic carbocycles. The lowest BCUT2D eigenvalue weighted by Gasteiger charge is -2.35. The molecule has 2 heteroatoms. The van der Waals surface area contributed by atoms with Gasteiger partial charge in [0.05, 0.1) is 12.3 Å². The highest BCUT2D eigenvalue weighted by Gasteiger charge is 2.46. The molecule has 2 nitrogen and oxygen atoms in total. The van der Waals surface area contributed by atoms with Crippen molar-refractivity contribution < 1.29 is 11.3 Å². The van der Waals surface area contributed by atoms with Crippen molar-refractivity contribution in [2.24, 2.45) is 0 Å². The van der Waals surface area contributed by atoms with E-state index in [-0.39, 0.29) is 29.7 Å². The molecule has 0 bridgehead atoms. The fourth-order valence-electron chi connectivity index (χ4n) is 9.02. The van der Waals surface area contributed by atoms with Gasteiger partial charge in [0.25, 0.3) is 0 Å². The Hall–Kier alpha value is -7.42. The lowest BCUT2D eigenvalue weighted by molar-refractivity contribution is 0.669. The van der Waals surface area contributed by atoms with E-state index in [1.165, 1.54) is 27.8 Å². The van der Waals surface area contributed by atoms with Crippen molar-refractivity contribution in [3.63, 3.8) is 0 Å². The van der Waals surface area contributed by atoms with E-state index < -0.39 is 11.5 Å². The monoisotopic (exact) mass is 732 g/mol. The van der Waals surface area contributed by atoms with E-state index in [9.17, 15) is 0 Å². The van der Waals surface area contributed by atoms with Crippen molar-refractivity contribution in [1.82, 2.24) is 0 Å². The topological polar surface area (TPSA) is 16.4 Å². The molecule has 0 atom stereocenters. The van der Waals surface area contributed by atoms with E-state index >= 15 is 0 Å². The minimum absolute atomic E-state index is 0.138. The van der Waals surface area contributed by atoms with Crippen LogP contribution in [0, 0.1) is 0 Å². The molecule has 0 aliphatic heterocycles. The number of hydrogen-bond donors (Lipinski definition) is 0. The average molecular weight is 733 g/mol. The van der Waals surface area contributed by atoms with Crippen molar-refractivity contribution in [2.75, 3.05) is 4.90 Å². The molecule has 10 aromatic rings. The third kappa shape index (κ3) is 5.26. The second-order valence-corrected chi connectivity index (χ2v) is 14.5. The van der Waals surface area contributed by atoms with E-state index in [0.29, 0.717) is 22.1 Å². The molecule has 0 saturated carbocycles. The van der Waals surface area contributed by atoms with Gasteiger partial charge in [-0.2, -0.15) is 0 Å². The minimum atomic E-state index is -0.600. The van der Waals surface area contributed by atoms with E-state index in [2.05, 4.69) is 157 Å². The Morgan fingerprint density at radius 1 is 0.404 bits per heavy atom. The summed E-state index contributed by atoms with van der Waals surface area (Å²) in [4.78, 5) is 2.26. The Kier molecular flexibility index (Phi) is 6.60. The molecule has 1 aliphatic rings. The highest BCUT2D eigenvalue weighted by atomic mass is 16.3. The van der Waals surface area contributed by atoms with Crippen LogP contribution in [0.15, 0.2) is 229 Å². The Morgan fingerprint density at radius 3 is 1.72 bits per heavy atom. The summed E-state index contributed by atoms with van der Waals surface area (Å²) in [6.45, 7) is 0. The molecule has 0 unspecified atom stereocenters. The van der Waals surface area contributed by atoms with Crippen LogP contribution < -0.4 is 4.90 Å². The molecule has 0 fully saturated rings. The minimum Gasteiger partial charge on any atom is -0.456 e. The zero-order valence-corrected chi connectivity index (χ0v) is 30.8. The maximum atomic E-state index is 8.87. The summed E-state index contributed by atoms with van der Waals surface area (Å²) in [6.07, 6.45) is 0. The summed E-state index contributed by atoms with van der Waals surface area (Å²) in [5.74, 6) is 0. The van der Waals surface area contributed by atoms with E-state index in [4.69, 9.17) is 11.3 Å². The summed E-state index contributed by atoms with van der Waals surface area (Å²) in [5.41, 5.74) is 13.4. The first-order chi connectivity index (χ1) is 30.3. The summed E-state index contributed by atoms with van der Waals surface area (Å²) < 4.78 is 49.3. The Balaban J connectivity index is 1.16. The number of rotatable bonds is 7. The van der Waals surface area contributed by atoms with Gasteiger partial charge in [-0.05, 0) is 104 Å². The third-order valence-corrected chi connectivity index (χ3v) is 11.4. The number of benzene rings is 9. The van der Waals surface area contributed by atoms with E-state index in [0.717, 1.165) is 39.1 Å². The van der Waals surface area contributed by atoms with Gasteiger partial charge in [-0.1, -0.05) is 176 Å². The van der Waals surface area contributed by atoms with Crippen LogP contribution in [0.5, 0.6) is 0 Å². The van der Waals surface area contributed by atoms with E-state index in [1.807, 2.05) is 36.4 Å². The molecule has 9 aromatic carbocycles. The van der Waals surface area contributed by atoms with Crippen LogP contribution in [0.2, 0.25) is 0 Å². The van der Waals surface area contributed by atoms with Crippen LogP contribution in [0.1, 0.15) is 29.1 Å². The largest absolute Gasteiger partial charge is 0.456 e. The average Bonchev–Trinajstić information content (AvgIpc) is 3.85. The van der Waals surface area contributed by atoms with Crippen LogP contribution in [-0.2, 0) is 5.41 Å². The molecule has 11 rings (SSSR count). The van der Waals surface area contributed by atoms with Crippen molar-refractivity contribution >= 4 is 39.0 Å². The van der Waals surface area contributed by atoms with Gasteiger partial charge in [-0.15, -0.1) is 0 Å². The SMILES string of the molecule is [2H]c1c([2H])c([2H])c(-c2cccc3oc4ccc(N(c5ccc(-c6ccccc6)cc5)c5cccc(C6(c7ccccc7)c7ccccc7-c7ccccc76)c5)cc4c23)c([2H])c1[2H]. The second kappa shape index (κ2) is 13.4. The first-order valence-electron chi connectivity index (χ1n) is 21.7. The smallest absolute Gasteiger partial charge is 0.136 e. The number of fused-ring (bicyclic) bond motifs is 6. The first kappa shape index (κ1) is 28.1. The number of furan rings is 1. The maximum Gasteiger partial charge on any atom is 0.136 e. The fourth-order valence-corrected chi connectivity index (χ4v) is 9.02. The number of anilines is 3. The van der Waals surface area contributed by atoms with Crippen LogP contribution >= 0.6 is 0 Å². The van der Waals surface area contributed by atoms with Crippen LogP contribution in [0.3, 0.4) is 0 Å². The van der Waals surface area contributed by atoms with Crippen LogP contribution in [0.4, 0.5) is 17.1 Å². The van der Waals surface area contributed by atoms with Gasteiger partial charge in [0, 0.05) is 27.8 Å². The first-order valence-corrected chi connectivity index (χ1v) is 19.2. The van der Waals surface area contributed by atoms with Crippen LogP contribution in [0.25, 0.3) is 55.3 Å². The molecular weight excluding hydrogens is 691 g/mol. The fraction of sp³-hybridized carbons (Fsp3) is 0.0182. The van der Waals surface area contributed by atoms with Gasteiger partial charge in [0.2, 0.25) is 0 Å². The summed E-state index contributed by atoms with van der Waals surface area (Å²) in [5, 5.41) is 1.44. The molecule has 0 spiro atoms. The van der Waals surface area contributed by atoms with Crippen molar-refractivity contribution in [2.45, 2.75) is 5.41 Å². The highest BCUT2D eigenvalue weighted by Crippen LogP contribution is 2.56. The molecule has 268 valence electrons. The number of nitrogens with zero attached hydrogens (tertiary/aromatic N) is 1. The van der Waals surface area contributed by atoms with Gasteiger partial charge in [0.1, 0.15) is 11.2 Å². The quantitative estimate of drug-likeness (QED) is 0.162. The lowest BCUT2D eigenvalue weighted by atomic mass is 9.67. The van der Waals surface area contributed by atoms with Gasteiger partial charge < -0.3 is 9.32 Å². The van der Waals surface area contributed by atoms with Gasteiger partial charge in [-0.3, -0.25) is 0 Å². The second-order valence-electron chi connectivity index (χ2n) is 14.5. The van der Waals surface area contributed by atoms with Gasteiger partial charge in [-0.25, -0.2) is 0 Å². The molecular formula is C55H37NO. The molecule has 1 heterocycles. The van der Waals surface area contributed by atoms with E-state index in [1.54, 1.807) is 6.07 Å². The van der Waals surface area contributed by atoms with Gasteiger partial charge >= 0.3 is 0 Å².